The molecule has 0 heterocycles. The van der Waals surface area contributed by atoms with E-state index in [1.807, 2.05) is 13.8 Å². The van der Waals surface area contributed by atoms with Crippen LogP contribution in [0.5, 0.6) is 0 Å². The maximum Gasteiger partial charge on any atom is 0.243 e. The average molecular weight is 259 g/mol. The van der Waals surface area contributed by atoms with Crippen LogP contribution in [-0.2, 0) is 10.0 Å². The second-order valence-electron chi connectivity index (χ2n) is 3.92. The van der Waals surface area contributed by atoms with Gasteiger partial charge in [0.25, 0.3) is 0 Å². The third kappa shape index (κ3) is 3.04. The van der Waals surface area contributed by atoms with Crippen LogP contribution in [0.1, 0.15) is 27.2 Å². The SMILES string of the molecule is CCC(C)N(CC)S(=O)(=O)c1ccc(F)cc1. The van der Waals surface area contributed by atoms with Crippen molar-refractivity contribution in [2.75, 3.05) is 6.54 Å². The lowest BCUT2D eigenvalue weighted by molar-refractivity contribution is 0.342. The van der Waals surface area contributed by atoms with E-state index in [0.717, 1.165) is 18.6 Å². The van der Waals surface area contributed by atoms with Crippen LogP contribution in [0.2, 0.25) is 0 Å². The molecule has 0 amide bonds. The predicted octanol–water partition coefficient (Wildman–Crippen LogP) is 2.63. The van der Waals surface area contributed by atoms with E-state index in [9.17, 15) is 12.8 Å². The quantitative estimate of drug-likeness (QED) is 0.815. The molecule has 0 spiro atoms. The Morgan fingerprint density at radius 3 is 2.18 bits per heavy atom. The standard InChI is InChI=1S/C12H18FNO2S/c1-4-10(3)14(5-2)17(15,16)12-8-6-11(13)7-9-12/h6-10H,4-5H2,1-3H3. The molecule has 96 valence electrons. The molecule has 0 aliphatic carbocycles. The fraction of sp³-hybridized carbons (Fsp3) is 0.500. The Hall–Kier alpha value is -0.940. The van der Waals surface area contributed by atoms with Gasteiger partial charge in [-0.1, -0.05) is 13.8 Å². The molecular formula is C12H18FNO2S. The molecule has 5 heteroatoms. The molecule has 17 heavy (non-hydrogen) atoms. The van der Waals surface area contributed by atoms with E-state index < -0.39 is 15.8 Å². The van der Waals surface area contributed by atoms with Crippen molar-refractivity contribution in [2.45, 2.75) is 38.1 Å². The zero-order chi connectivity index (χ0) is 13.1. The zero-order valence-corrected chi connectivity index (χ0v) is 11.2. The van der Waals surface area contributed by atoms with E-state index in [4.69, 9.17) is 0 Å². The van der Waals surface area contributed by atoms with E-state index in [2.05, 4.69) is 0 Å². The first-order chi connectivity index (χ1) is 7.93. The monoisotopic (exact) mass is 259 g/mol. The molecule has 0 saturated carbocycles. The van der Waals surface area contributed by atoms with Crippen LogP contribution in [0.4, 0.5) is 4.39 Å². The smallest absolute Gasteiger partial charge is 0.207 e. The van der Waals surface area contributed by atoms with Gasteiger partial charge < -0.3 is 0 Å². The van der Waals surface area contributed by atoms with Gasteiger partial charge >= 0.3 is 0 Å². The Balaban J connectivity index is 3.13. The molecule has 0 bridgehead atoms. The number of benzene rings is 1. The lowest BCUT2D eigenvalue weighted by Gasteiger charge is -2.26. The summed E-state index contributed by atoms with van der Waals surface area (Å²) in [7, 11) is -3.51. The normalized spacial score (nSPS) is 13.9. The minimum absolute atomic E-state index is 0.0601. The van der Waals surface area contributed by atoms with Gasteiger partial charge in [0.1, 0.15) is 5.82 Å². The van der Waals surface area contributed by atoms with Crippen molar-refractivity contribution < 1.29 is 12.8 Å². The molecule has 1 rings (SSSR count). The van der Waals surface area contributed by atoms with Crippen LogP contribution in [0, 0.1) is 5.82 Å². The maximum absolute atomic E-state index is 12.8. The maximum atomic E-state index is 12.8. The van der Waals surface area contributed by atoms with E-state index >= 15 is 0 Å². The second kappa shape index (κ2) is 5.60. The summed E-state index contributed by atoms with van der Waals surface area (Å²) in [6.07, 6.45) is 0.744. The fourth-order valence-electron chi connectivity index (χ4n) is 1.66. The van der Waals surface area contributed by atoms with Gasteiger partial charge in [-0.3, -0.25) is 0 Å². The fourth-order valence-corrected chi connectivity index (χ4v) is 3.38. The molecule has 1 atom stereocenters. The van der Waals surface area contributed by atoms with E-state index in [0.29, 0.717) is 6.54 Å². The molecule has 0 aliphatic rings. The van der Waals surface area contributed by atoms with Gasteiger partial charge in [0, 0.05) is 12.6 Å². The highest BCUT2D eigenvalue weighted by molar-refractivity contribution is 7.89. The van der Waals surface area contributed by atoms with E-state index in [1.54, 1.807) is 6.92 Å². The summed E-state index contributed by atoms with van der Waals surface area (Å²) in [6.45, 7) is 6.01. The lowest BCUT2D eigenvalue weighted by Crippen LogP contribution is -2.38. The molecule has 0 fully saturated rings. The van der Waals surface area contributed by atoms with Gasteiger partial charge in [0.2, 0.25) is 10.0 Å². The second-order valence-corrected chi connectivity index (χ2v) is 5.81. The number of nitrogens with zero attached hydrogens (tertiary/aromatic N) is 1. The number of hydrogen-bond donors (Lipinski definition) is 0. The highest BCUT2D eigenvalue weighted by Gasteiger charge is 2.26. The summed E-state index contributed by atoms with van der Waals surface area (Å²) in [6, 6.07) is 4.87. The molecule has 1 aromatic rings. The lowest BCUT2D eigenvalue weighted by atomic mass is 10.3. The van der Waals surface area contributed by atoms with Crippen molar-refractivity contribution in [3.8, 4) is 0 Å². The molecule has 1 unspecified atom stereocenters. The van der Waals surface area contributed by atoms with Gasteiger partial charge in [-0.2, -0.15) is 4.31 Å². The first-order valence-electron chi connectivity index (χ1n) is 5.70. The van der Waals surface area contributed by atoms with Crippen LogP contribution < -0.4 is 0 Å². The van der Waals surface area contributed by atoms with Crippen LogP contribution in [0.3, 0.4) is 0 Å². The summed E-state index contributed by atoms with van der Waals surface area (Å²) in [5.41, 5.74) is 0. The van der Waals surface area contributed by atoms with Crippen LogP contribution in [-0.4, -0.2) is 25.3 Å². The van der Waals surface area contributed by atoms with Crippen molar-refractivity contribution in [1.82, 2.24) is 4.31 Å². The third-order valence-electron chi connectivity index (χ3n) is 2.81. The van der Waals surface area contributed by atoms with Crippen molar-refractivity contribution >= 4 is 10.0 Å². The van der Waals surface area contributed by atoms with Crippen molar-refractivity contribution in [3.05, 3.63) is 30.1 Å². The number of halogens is 1. The molecule has 0 aliphatic heterocycles. The Morgan fingerprint density at radius 1 is 1.24 bits per heavy atom. The number of rotatable bonds is 5. The van der Waals surface area contributed by atoms with Gasteiger partial charge in [-0.05, 0) is 37.6 Å². The zero-order valence-electron chi connectivity index (χ0n) is 10.4. The molecule has 0 N–H and O–H groups in total. The van der Waals surface area contributed by atoms with Crippen molar-refractivity contribution in [2.24, 2.45) is 0 Å². The minimum atomic E-state index is -3.51. The highest BCUT2D eigenvalue weighted by Crippen LogP contribution is 2.19. The molecule has 3 nitrogen and oxygen atoms in total. The molecule has 0 aromatic heterocycles. The molecule has 1 aromatic carbocycles. The topological polar surface area (TPSA) is 37.4 Å². The van der Waals surface area contributed by atoms with Crippen molar-refractivity contribution in [1.29, 1.82) is 0 Å². The van der Waals surface area contributed by atoms with Gasteiger partial charge in [-0.15, -0.1) is 0 Å². The summed E-state index contributed by atoms with van der Waals surface area (Å²) < 4.78 is 38.8. The molecule has 0 saturated heterocycles. The summed E-state index contributed by atoms with van der Waals surface area (Å²) in [4.78, 5) is 0.140. The molecular weight excluding hydrogens is 241 g/mol. The Kier molecular flexibility index (Phi) is 4.65. The third-order valence-corrected chi connectivity index (χ3v) is 4.92. The first kappa shape index (κ1) is 14.1. The Morgan fingerprint density at radius 2 is 1.76 bits per heavy atom. The van der Waals surface area contributed by atoms with Crippen LogP contribution in [0.25, 0.3) is 0 Å². The number of sulfonamides is 1. The van der Waals surface area contributed by atoms with Gasteiger partial charge in [0.15, 0.2) is 0 Å². The Labute approximate surface area is 102 Å². The molecule has 0 radical (unpaired) electrons. The summed E-state index contributed by atoms with van der Waals surface area (Å²) in [5.74, 6) is -0.435. The largest absolute Gasteiger partial charge is 0.243 e. The number of hydrogen-bond acceptors (Lipinski definition) is 2. The minimum Gasteiger partial charge on any atom is -0.207 e. The summed E-state index contributed by atoms with van der Waals surface area (Å²) in [5, 5.41) is 0. The highest BCUT2D eigenvalue weighted by atomic mass is 32.2. The summed E-state index contributed by atoms with van der Waals surface area (Å²) >= 11 is 0. The van der Waals surface area contributed by atoms with E-state index in [-0.39, 0.29) is 10.9 Å². The first-order valence-corrected chi connectivity index (χ1v) is 7.14. The van der Waals surface area contributed by atoms with Gasteiger partial charge in [0.05, 0.1) is 4.90 Å². The van der Waals surface area contributed by atoms with Gasteiger partial charge in [-0.25, -0.2) is 12.8 Å². The van der Waals surface area contributed by atoms with Crippen LogP contribution >= 0.6 is 0 Å². The average Bonchev–Trinajstić information content (AvgIpc) is 2.29. The van der Waals surface area contributed by atoms with Crippen molar-refractivity contribution in [3.63, 3.8) is 0 Å². The Bertz CT molecular complexity index is 456. The van der Waals surface area contributed by atoms with E-state index in [1.165, 1.54) is 16.4 Å². The predicted molar refractivity (Wildman–Crippen MR) is 65.7 cm³/mol. The van der Waals surface area contributed by atoms with Crippen LogP contribution in [0.15, 0.2) is 29.2 Å².